The molecular weight excluding hydrogens is 503 g/mol. The van der Waals surface area contributed by atoms with Crippen molar-refractivity contribution in [3.8, 4) is 5.75 Å². The molecule has 0 unspecified atom stereocenters. The number of nitrogens with zero attached hydrogens (tertiary/aromatic N) is 4. The molecule has 2 fully saturated rings. The van der Waals surface area contributed by atoms with E-state index in [1.54, 1.807) is 7.11 Å². The summed E-state index contributed by atoms with van der Waals surface area (Å²) in [4.78, 5) is 19.5. The first-order valence-electron chi connectivity index (χ1n) is 12.8. The summed E-state index contributed by atoms with van der Waals surface area (Å²) in [6.45, 7) is 1.69. The second-order valence-corrected chi connectivity index (χ2v) is 9.65. The Balaban J connectivity index is 1.34. The summed E-state index contributed by atoms with van der Waals surface area (Å²) in [6, 6.07) is 17.0. The van der Waals surface area contributed by atoms with Gasteiger partial charge < -0.3 is 29.7 Å². The lowest BCUT2D eigenvalue weighted by molar-refractivity contribution is -0.0440. The van der Waals surface area contributed by atoms with Gasteiger partial charge in [-0.25, -0.2) is 13.9 Å². The van der Waals surface area contributed by atoms with Crippen molar-refractivity contribution in [1.29, 1.82) is 0 Å². The van der Waals surface area contributed by atoms with Crippen LogP contribution in [0.25, 0.3) is 5.65 Å². The van der Waals surface area contributed by atoms with Crippen LogP contribution in [0.2, 0.25) is 0 Å². The molecule has 6 rings (SSSR count). The van der Waals surface area contributed by atoms with Gasteiger partial charge in [0.15, 0.2) is 23.4 Å². The van der Waals surface area contributed by atoms with Gasteiger partial charge in [-0.3, -0.25) is 4.79 Å². The number of aromatic nitrogens is 3. The number of benzene rings is 2. The molecule has 2 aliphatic rings. The van der Waals surface area contributed by atoms with E-state index >= 15 is 0 Å². The Hall–Kier alpha value is -4.22. The molecule has 1 aliphatic heterocycles. The summed E-state index contributed by atoms with van der Waals surface area (Å²) in [5.74, 6) is 0.870. The minimum Gasteiger partial charge on any atom is -0.497 e. The summed E-state index contributed by atoms with van der Waals surface area (Å²) in [5, 5.41) is 10.7. The van der Waals surface area contributed by atoms with Crippen LogP contribution in [0, 0.1) is 0 Å². The van der Waals surface area contributed by atoms with Gasteiger partial charge >= 0.3 is 0 Å². The molecule has 2 aromatic carbocycles. The molecule has 1 aliphatic carbocycles. The fraction of sp³-hybridized carbons (Fsp3) is 0.321. The van der Waals surface area contributed by atoms with E-state index < -0.39 is 24.4 Å². The molecule has 1 amide bonds. The SMILES string of the molecule is COc1ccc(CN(C)c2cc(Nc3cccc(C4OCCO4)c3)nn3c(C(=O)N[C@@H]4C[C@@H]4F)cnc23)cc1. The lowest BCUT2D eigenvalue weighted by atomic mass is 10.2. The lowest BCUT2D eigenvalue weighted by Crippen LogP contribution is -2.28. The number of rotatable bonds is 9. The Bertz CT molecular complexity index is 1490. The smallest absolute Gasteiger partial charge is 0.271 e. The van der Waals surface area contributed by atoms with E-state index in [-0.39, 0.29) is 5.69 Å². The molecule has 11 heteroatoms. The highest BCUT2D eigenvalue weighted by Crippen LogP contribution is 2.30. The van der Waals surface area contributed by atoms with Gasteiger partial charge in [-0.05, 0) is 29.8 Å². The first-order valence-corrected chi connectivity index (χ1v) is 12.8. The molecule has 2 atom stereocenters. The molecule has 0 radical (unpaired) electrons. The average molecular weight is 533 g/mol. The number of amides is 1. The number of nitrogens with one attached hydrogen (secondary N) is 2. The van der Waals surface area contributed by atoms with Crippen molar-refractivity contribution in [2.45, 2.75) is 31.5 Å². The van der Waals surface area contributed by atoms with Crippen LogP contribution in [0.4, 0.5) is 21.6 Å². The summed E-state index contributed by atoms with van der Waals surface area (Å²) in [5.41, 5.74) is 4.24. The van der Waals surface area contributed by atoms with Gasteiger partial charge in [0.05, 0.1) is 38.2 Å². The average Bonchev–Trinajstić information content (AvgIpc) is 3.32. The first-order chi connectivity index (χ1) is 19.0. The number of anilines is 3. The second-order valence-electron chi connectivity index (χ2n) is 9.65. The van der Waals surface area contributed by atoms with Crippen molar-refractivity contribution in [2.75, 3.05) is 37.6 Å². The Morgan fingerprint density at radius 3 is 2.67 bits per heavy atom. The molecule has 1 saturated heterocycles. The summed E-state index contributed by atoms with van der Waals surface area (Å²) >= 11 is 0. The minimum atomic E-state index is -1.01. The largest absolute Gasteiger partial charge is 0.497 e. The monoisotopic (exact) mass is 532 g/mol. The highest BCUT2D eigenvalue weighted by molar-refractivity contribution is 5.94. The number of alkyl halides is 1. The van der Waals surface area contributed by atoms with Crippen LogP contribution < -0.4 is 20.3 Å². The van der Waals surface area contributed by atoms with Gasteiger partial charge in [-0.15, -0.1) is 5.10 Å². The number of fused-ring (bicyclic) bond motifs is 1. The third-order valence-corrected chi connectivity index (χ3v) is 6.75. The Morgan fingerprint density at radius 2 is 1.95 bits per heavy atom. The van der Waals surface area contributed by atoms with Crippen molar-refractivity contribution < 1.29 is 23.4 Å². The second kappa shape index (κ2) is 10.5. The zero-order chi connectivity index (χ0) is 26.9. The fourth-order valence-corrected chi connectivity index (χ4v) is 4.56. The third-order valence-electron chi connectivity index (χ3n) is 6.75. The highest BCUT2D eigenvalue weighted by Gasteiger charge is 2.39. The van der Waals surface area contributed by atoms with Gasteiger partial charge in [0.1, 0.15) is 11.9 Å². The molecule has 0 bridgehead atoms. The number of carbonyl (C=O) groups is 1. The molecular formula is C28H29FN6O4. The van der Waals surface area contributed by atoms with E-state index in [2.05, 4.69) is 20.7 Å². The number of hydrogen-bond donors (Lipinski definition) is 2. The van der Waals surface area contributed by atoms with Crippen LogP contribution in [0.1, 0.15) is 34.3 Å². The molecule has 2 N–H and O–H groups in total. The Morgan fingerprint density at radius 1 is 1.18 bits per heavy atom. The van der Waals surface area contributed by atoms with Crippen molar-refractivity contribution >= 4 is 28.7 Å². The fourth-order valence-electron chi connectivity index (χ4n) is 4.56. The summed E-state index contributed by atoms with van der Waals surface area (Å²) < 4.78 is 31.5. The van der Waals surface area contributed by atoms with E-state index in [1.807, 2.05) is 66.5 Å². The molecule has 0 spiro atoms. The quantitative estimate of drug-likeness (QED) is 0.334. The van der Waals surface area contributed by atoms with Crippen LogP contribution in [-0.2, 0) is 16.0 Å². The van der Waals surface area contributed by atoms with Crippen molar-refractivity contribution in [3.05, 3.63) is 77.6 Å². The maximum atomic E-state index is 13.5. The van der Waals surface area contributed by atoms with E-state index in [1.165, 1.54) is 10.7 Å². The third kappa shape index (κ3) is 5.36. The molecule has 4 aromatic rings. The van der Waals surface area contributed by atoms with Gasteiger partial charge in [-0.2, -0.15) is 0 Å². The number of methoxy groups -OCH3 is 1. The molecule has 202 valence electrons. The normalized spacial score (nSPS) is 18.7. The van der Waals surface area contributed by atoms with Crippen LogP contribution >= 0.6 is 0 Å². The predicted molar refractivity (Wildman–Crippen MR) is 143 cm³/mol. The molecule has 2 aromatic heterocycles. The number of halogens is 1. The molecule has 10 nitrogen and oxygen atoms in total. The van der Waals surface area contributed by atoms with E-state index in [0.29, 0.717) is 37.6 Å². The van der Waals surface area contributed by atoms with E-state index in [9.17, 15) is 9.18 Å². The van der Waals surface area contributed by atoms with Crippen LogP contribution in [0.15, 0.2) is 60.8 Å². The number of ether oxygens (including phenoxy) is 3. The maximum absolute atomic E-state index is 13.5. The van der Waals surface area contributed by atoms with Gasteiger partial charge in [-0.1, -0.05) is 24.3 Å². The topological polar surface area (TPSA) is 102 Å². The summed E-state index contributed by atoms with van der Waals surface area (Å²) in [7, 11) is 3.58. The number of hydrogen-bond acceptors (Lipinski definition) is 8. The summed E-state index contributed by atoms with van der Waals surface area (Å²) in [6.07, 6.45) is 0.379. The van der Waals surface area contributed by atoms with Crippen molar-refractivity contribution in [2.24, 2.45) is 0 Å². The standard InChI is InChI=1S/C28H29FN6O4/c1-34(16-17-6-8-20(37-2)9-7-17)23-14-25(31-19-5-3-4-18(12-19)28-38-10-11-39-28)33-35-24(15-30-26(23)35)27(36)32-22-13-21(22)29/h3-9,12,14-15,21-22,28H,10-11,13,16H2,1-2H3,(H,31,33)(H,32,36)/t21-,22+/m0/s1. The zero-order valence-corrected chi connectivity index (χ0v) is 21.6. The van der Waals surface area contributed by atoms with E-state index in [0.717, 1.165) is 28.3 Å². The molecule has 39 heavy (non-hydrogen) atoms. The molecule has 1 saturated carbocycles. The molecule has 3 heterocycles. The van der Waals surface area contributed by atoms with Gasteiger partial charge in [0, 0.05) is 37.3 Å². The Labute approximate surface area is 224 Å². The Kier molecular flexibility index (Phi) is 6.76. The van der Waals surface area contributed by atoms with E-state index in [4.69, 9.17) is 14.2 Å². The number of carbonyl (C=O) groups excluding carboxylic acids is 1. The van der Waals surface area contributed by atoms with Crippen molar-refractivity contribution in [1.82, 2.24) is 19.9 Å². The number of imidazole rings is 1. The maximum Gasteiger partial charge on any atom is 0.271 e. The van der Waals surface area contributed by atoms with Crippen LogP contribution in [0.5, 0.6) is 5.75 Å². The predicted octanol–water partition coefficient (Wildman–Crippen LogP) is 4.00. The van der Waals surface area contributed by atoms with Crippen LogP contribution in [-0.4, -0.2) is 60.1 Å². The van der Waals surface area contributed by atoms with Gasteiger partial charge in [0.2, 0.25) is 0 Å². The van der Waals surface area contributed by atoms with Crippen LogP contribution in [0.3, 0.4) is 0 Å². The first kappa shape index (κ1) is 25.1. The lowest BCUT2D eigenvalue weighted by Gasteiger charge is -2.21. The minimum absolute atomic E-state index is 0.230. The van der Waals surface area contributed by atoms with Gasteiger partial charge in [0.25, 0.3) is 5.91 Å². The zero-order valence-electron chi connectivity index (χ0n) is 21.6. The highest BCUT2D eigenvalue weighted by atomic mass is 19.1. The van der Waals surface area contributed by atoms with Crippen molar-refractivity contribution in [3.63, 3.8) is 0 Å².